The van der Waals surface area contributed by atoms with Gasteiger partial charge in [0, 0.05) is 12.3 Å². The average molecular weight is 491 g/mol. The third kappa shape index (κ3) is 6.08. The van der Waals surface area contributed by atoms with Crippen LogP contribution in [0, 0.1) is 11.3 Å². The van der Waals surface area contributed by atoms with Gasteiger partial charge in [0.05, 0.1) is 18.2 Å². The second-order valence-corrected chi connectivity index (χ2v) is 10.1. The summed E-state index contributed by atoms with van der Waals surface area (Å²) in [4.78, 5) is 16.5. The first-order chi connectivity index (χ1) is 16.6. The van der Waals surface area contributed by atoms with Gasteiger partial charge in [-0.2, -0.15) is 13.2 Å². The lowest BCUT2D eigenvalue weighted by molar-refractivity contribution is -0.192. The van der Waals surface area contributed by atoms with Crippen LogP contribution < -0.4 is 14.8 Å². The highest BCUT2D eigenvalue weighted by molar-refractivity contribution is 5.86. The highest BCUT2D eigenvalue weighted by atomic mass is 19.4. The van der Waals surface area contributed by atoms with Crippen molar-refractivity contribution in [3.8, 4) is 11.6 Å². The van der Waals surface area contributed by atoms with Gasteiger partial charge in [-0.05, 0) is 94.5 Å². The summed E-state index contributed by atoms with van der Waals surface area (Å²) in [5.74, 6) is 0.960. The molecule has 0 spiro atoms. The van der Waals surface area contributed by atoms with Crippen LogP contribution in [0.15, 0.2) is 42.6 Å². The molecule has 1 aromatic heterocycles. The predicted octanol–water partition coefficient (Wildman–Crippen LogP) is 6.18. The van der Waals surface area contributed by atoms with Gasteiger partial charge in [0.15, 0.2) is 0 Å². The number of rotatable bonds is 9. The molecule has 2 saturated carbocycles. The van der Waals surface area contributed by atoms with Crippen molar-refractivity contribution in [2.45, 2.75) is 83.7 Å². The van der Waals surface area contributed by atoms with Crippen molar-refractivity contribution in [1.82, 2.24) is 10.3 Å². The Hall–Kier alpha value is -2.77. The number of aromatic nitrogens is 1. The summed E-state index contributed by atoms with van der Waals surface area (Å²) in [6.45, 7) is 5.65. The first-order valence-electron chi connectivity index (χ1n) is 12.3. The Morgan fingerprint density at radius 3 is 2.49 bits per heavy atom. The molecule has 1 aromatic carbocycles. The van der Waals surface area contributed by atoms with Crippen molar-refractivity contribution in [2.75, 3.05) is 0 Å². The molecular weight excluding hydrogens is 457 g/mol. The SMILES string of the molecule is CC(C)Oc1cc(CC2CCC(Oc3ccc(C(C)NC(=O)C4(C(F)(F)F)CC4)cc3)C2)ccn1. The van der Waals surface area contributed by atoms with E-state index in [1.807, 2.05) is 38.1 Å². The summed E-state index contributed by atoms with van der Waals surface area (Å²) in [6.07, 6.45) is 1.16. The van der Waals surface area contributed by atoms with Crippen LogP contribution in [0.5, 0.6) is 11.6 Å². The van der Waals surface area contributed by atoms with Gasteiger partial charge in [-0.15, -0.1) is 0 Å². The monoisotopic (exact) mass is 490 g/mol. The minimum atomic E-state index is -4.50. The van der Waals surface area contributed by atoms with Gasteiger partial charge >= 0.3 is 6.18 Å². The van der Waals surface area contributed by atoms with Gasteiger partial charge in [0.1, 0.15) is 11.2 Å². The van der Waals surface area contributed by atoms with Gasteiger partial charge in [0.25, 0.3) is 0 Å². The van der Waals surface area contributed by atoms with E-state index in [2.05, 4.69) is 10.3 Å². The molecule has 190 valence electrons. The summed E-state index contributed by atoms with van der Waals surface area (Å²) in [5.41, 5.74) is -0.256. The standard InChI is InChI=1S/C27H33F3N2O3/c1-17(2)34-24-16-20(10-13-31-24)14-19-4-7-23(15-19)35-22-8-5-21(6-9-22)18(3)32-25(33)26(11-12-26)27(28,29)30/h5-6,8-10,13,16-19,23H,4,7,11-12,14-15H2,1-3H3,(H,32,33). The largest absolute Gasteiger partial charge is 0.490 e. The molecule has 1 N–H and O–H groups in total. The highest BCUT2D eigenvalue weighted by Gasteiger charge is 2.68. The minimum absolute atomic E-state index is 0.0855. The fourth-order valence-electron chi connectivity index (χ4n) is 4.75. The number of hydrogen-bond donors (Lipinski definition) is 1. The number of carbonyl (C=O) groups is 1. The Kier molecular flexibility index (Phi) is 7.29. The van der Waals surface area contributed by atoms with Crippen molar-refractivity contribution >= 4 is 5.91 Å². The van der Waals surface area contributed by atoms with Gasteiger partial charge in [-0.1, -0.05) is 12.1 Å². The lowest BCUT2D eigenvalue weighted by Crippen LogP contribution is -2.42. The molecule has 8 heteroatoms. The fourth-order valence-corrected chi connectivity index (χ4v) is 4.75. The molecule has 2 aliphatic rings. The van der Waals surface area contributed by atoms with E-state index in [0.29, 0.717) is 11.8 Å². The summed E-state index contributed by atoms with van der Waals surface area (Å²) in [6, 6.07) is 10.8. The number of pyridine rings is 1. The molecular formula is C27H33F3N2O3. The van der Waals surface area contributed by atoms with Gasteiger partial charge in [-0.25, -0.2) is 4.98 Å². The number of benzene rings is 1. The van der Waals surface area contributed by atoms with Crippen LogP contribution in [0.4, 0.5) is 13.2 Å². The van der Waals surface area contributed by atoms with E-state index in [1.54, 1.807) is 25.3 Å². The van der Waals surface area contributed by atoms with Crippen LogP contribution >= 0.6 is 0 Å². The molecule has 0 bridgehead atoms. The van der Waals surface area contributed by atoms with Crippen LogP contribution in [0.2, 0.25) is 0 Å². The van der Waals surface area contributed by atoms with E-state index < -0.39 is 23.5 Å². The molecule has 3 atom stereocenters. The number of carbonyl (C=O) groups excluding carboxylic acids is 1. The first kappa shape index (κ1) is 25.3. The Bertz CT molecular complexity index is 1020. The van der Waals surface area contributed by atoms with Gasteiger partial charge < -0.3 is 14.8 Å². The van der Waals surface area contributed by atoms with E-state index in [9.17, 15) is 18.0 Å². The highest BCUT2D eigenvalue weighted by Crippen LogP contribution is 2.57. The van der Waals surface area contributed by atoms with Crippen molar-refractivity contribution in [1.29, 1.82) is 0 Å². The average Bonchev–Trinajstić information content (AvgIpc) is 3.51. The van der Waals surface area contributed by atoms with Crippen molar-refractivity contribution < 1.29 is 27.4 Å². The number of hydrogen-bond acceptors (Lipinski definition) is 4. The predicted molar refractivity (Wildman–Crippen MR) is 126 cm³/mol. The summed E-state index contributed by atoms with van der Waals surface area (Å²) in [7, 11) is 0. The maximum absolute atomic E-state index is 13.2. The molecule has 2 fully saturated rings. The zero-order valence-corrected chi connectivity index (χ0v) is 20.4. The van der Waals surface area contributed by atoms with Crippen molar-refractivity contribution in [3.05, 3.63) is 53.7 Å². The summed E-state index contributed by atoms with van der Waals surface area (Å²) < 4.78 is 51.4. The molecule has 0 radical (unpaired) electrons. The Morgan fingerprint density at radius 2 is 1.86 bits per heavy atom. The Labute approximate surface area is 204 Å². The van der Waals surface area contributed by atoms with E-state index >= 15 is 0 Å². The maximum Gasteiger partial charge on any atom is 0.403 e. The topological polar surface area (TPSA) is 60.5 Å². The Balaban J connectivity index is 1.27. The Morgan fingerprint density at radius 1 is 1.14 bits per heavy atom. The number of nitrogens with one attached hydrogen (secondary N) is 1. The fraction of sp³-hybridized carbons (Fsp3) is 0.556. The molecule has 0 saturated heterocycles. The third-order valence-corrected chi connectivity index (χ3v) is 6.93. The zero-order valence-electron chi connectivity index (χ0n) is 20.4. The second-order valence-electron chi connectivity index (χ2n) is 10.1. The molecule has 4 rings (SSSR count). The minimum Gasteiger partial charge on any atom is -0.490 e. The van der Waals surface area contributed by atoms with Crippen LogP contribution in [0.3, 0.4) is 0 Å². The molecule has 2 aromatic rings. The molecule has 2 aliphatic carbocycles. The quantitative estimate of drug-likeness (QED) is 0.456. The van der Waals surface area contributed by atoms with Crippen LogP contribution in [-0.2, 0) is 11.2 Å². The molecule has 1 heterocycles. The van der Waals surface area contributed by atoms with Crippen LogP contribution in [0.25, 0.3) is 0 Å². The van der Waals surface area contributed by atoms with E-state index in [1.165, 1.54) is 5.56 Å². The summed E-state index contributed by atoms with van der Waals surface area (Å²) >= 11 is 0. The van der Waals surface area contributed by atoms with E-state index in [0.717, 1.165) is 37.0 Å². The van der Waals surface area contributed by atoms with E-state index in [-0.39, 0.29) is 25.0 Å². The third-order valence-electron chi connectivity index (χ3n) is 6.93. The number of nitrogens with zero attached hydrogens (tertiary/aromatic N) is 1. The molecule has 35 heavy (non-hydrogen) atoms. The molecule has 1 amide bonds. The summed E-state index contributed by atoms with van der Waals surface area (Å²) in [5, 5.41) is 2.53. The van der Waals surface area contributed by atoms with Gasteiger partial charge in [-0.3, -0.25) is 4.79 Å². The number of amides is 1. The van der Waals surface area contributed by atoms with Gasteiger partial charge in [0.2, 0.25) is 11.8 Å². The first-order valence-corrected chi connectivity index (χ1v) is 12.3. The lowest BCUT2D eigenvalue weighted by Gasteiger charge is -2.22. The van der Waals surface area contributed by atoms with Crippen molar-refractivity contribution in [3.63, 3.8) is 0 Å². The maximum atomic E-state index is 13.2. The van der Waals surface area contributed by atoms with Crippen LogP contribution in [-0.4, -0.2) is 29.3 Å². The van der Waals surface area contributed by atoms with Crippen molar-refractivity contribution in [2.24, 2.45) is 11.3 Å². The number of alkyl halides is 3. The normalized spacial score (nSPS) is 22.0. The number of halogens is 3. The molecule has 5 nitrogen and oxygen atoms in total. The zero-order chi connectivity index (χ0) is 25.2. The number of ether oxygens (including phenoxy) is 2. The van der Waals surface area contributed by atoms with Crippen LogP contribution in [0.1, 0.15) is 70.0 Å². The lowest BCUT2D eigenvalue weighted by atomic mass is 9.98. The smallest absolute Gasteiger partial charge is 0.403 e. The molecule has 3 unspecified atom stereocenters. The molecule has 0 aliphatic heterocycles. The van der Waals surface area contributed by atoms with E-state index in [4.69, 9.17) is 9.47 Å². The second kappa shape index (κ2) is 10.1.